The number of carboxylic acid groups (broad SMARTS) is 1. The Hall–Kier alpha value is -1.41. The van der Waals surface area contributed by atoms with Gasteiger partial charge in [0, 0.05) is 26.3 Å². The molecule has 0 amide bonds. The van der Waals surface area contributed by atoms with Gasteiger partial charge in [0.2, 0.25) is 0 Å². The number of carboxylic acids is 1. The van der Waals surface area contributed by atoms with Crippen molar-refractivity contribution in [2.24, 2.45) is 18.9 Å². The number of imidazole rings is 1. The lowest BCUT2D eigenvalue weighted by Crippen LogP contribution is -2.45. The largest absolute Gasteiger partial charge is 0.481 e. The van der Waals surface area contributed by atoms with Gasteiger partial charge in [-0.25, -0.2) is 13.4 Å². The molecule has 1 aliphatic rings. The van der Waals surface area contributed by atoms with Crippen molar-refractivity contribution in [3.05, 3.63) is 12.0 Å². The molecule has 7 nitrogen and oxygen atoms in total. The molecule has 8 heteroatoms. The van der Waals surface area contributed by atoms with Gasteiger partial charge in [0.15, 0.2) is 5.03 Å². The number of sulfonamides is 1. The summed E-state index contributed by atoms with van der Waals surface area (Å²) < 4.78 is 27.9. The van der Waals surface area contributed by atoms with Crippen LogP contribution in [0, 0.1) is 18.8 Å². The molecule has 1 N–H and O–H groups in total. The first-order valence-electron chi connectivity index (χ1n) is 6.44. The van der Waals surface area contributed by atoms with E-state index < -0.39 is 21.9 Å². The Morgan fingerprint density at radius 1 is 1.45 bits per heavy atom. The maximum atomic E-state index is 12.5. The van der Waals surface area contributed by atoms with Crippen molar-refractivity contribution < 1.29 is 18.3 Å². The van der Waals surface area contributed by atoms with E-state index in [1.807, 2.05) is 6.92 Å². The summed E-state index contributed by atoms with van der Waals surface area (Å²) in [6, 6.07) is 0. The maximum Gasteiger partial charge on any atom is 0.307 e. The number of nitrogens with zero attached hydrogens (tertiary/aromatic N) is 3. The average molecular weight is 301 g/mol. The SMILES string of the molecule is Cc1nc(S(=O)(=O)N2CC(C)CC(C(=O)O)C2)cn1C. The third-order valence-corrected chi connectivity index (χ3v) is 5.37. The molecule has 0 spiro atoms. The molecular weight excluding hydrogens is 282 g/mol. The van der Waals surface area contributed by atoms with Crippen LogP contribution in [0.15, 0.2) is 11.2 Å². The Kier molecular flexibility index (Phi) is 3.88. The van der Waals surface area contributed by atoms with Gasteiger partial charge in [0.05, 0.1) is 5.92 Å². The van der Waals surface area contributed by atoms with Gasteiger partial charge in [-0.1, -0.05) is 6.92 Å². The fourth-order valence-corrected chi connectivity index (χ4v) is 4.09. The van der Waals surface area contributed by atoms with E-state index in [4.69, 9.17) is 5.11 Å². The first kappa shape index (κ1) is 15.0. The number of aromatic nitrogens is 2. The Balaban J connectivity index is 2.31. The van der Waals surface area contributed by atoms with Crippen molar-refractivity contribution in [3.63, 3.8) is 0 Å². The van der Waals surface area contributed by atoms with Crippen LogP contribution in [-0.2, 0) is 21.9 Å². The van der Waals surface area contributed by atoms with Crippen molar-refractivity contribution in [1.82, 2.24) is 13.9 Å². The Labute approximate surface area is 118 Å². The minimum Gasteiger partial charge on any atom is -0.481 e. The van der Waals surface area contributed by atoms with Crippen LogP contribution in [-0.4, -0.2) is 46.4 Å². The van der Waals surface area contributed by atoms with Crippen LogP contribution in [0.25, 0.3) is 0 Å². The van der Waals surface area contributed by atoms with Crippen LogP contribution in [0.5, 0.6) is 0 Å². The van der Waals surface area contributed by atoms with Crippen LogP contribution in [0.1, 0.15) is 19.2 Å². The molecule has 1 saturated heterocycles. The Morgan fingerprint density at radius 2 is 2.10 bits per heavy atom. The summed E-state index contributed by atoms with van der Waals surface area (Å²) in [5, 5.41) is 9.10. The summed E-state index contributed by atoms with van der Waals surface area (Å²) in [5.74, 6) is -0.986. The highest BCUT2D eigenvalue weighted by molar-refractivity contribution is 7.89. The molecular formula is C12H19N3O4S. The van der Waals surface area contributed by atoms with Crippen molar-refractivity contribution in [3.8, 4) is 0 Å². The molecule has 2 unspecified atom stereocenters. The third kappa shape index (κ3) is 2.71. The first-order valence-corrected chi connectivity index (χ1v) is 7.88. The molecule has 0 saturated carbocycles. The van der Waals surface area contributed by atoms with Gasteiger partial charge in [-0.2, -0.15) is 4.31 Å². The summed E-state index contributed by atoms with van der Waals surface area (Å²) in [5.41, 5.74) is 0. The van der Waals surface area contributed by atoms with Gasteiger partial charge < -0.3 is 9.67 Å². The number of piperidine rings is 1. The quantitative estimate of drug-likeness (QED) is 0.875. The minimum absolute atomic E-state index is 0.0115. The Morgan fingerprint density at radius 3 is 2.60 bits per heavy atom. The first-order chi connectivity index (χ1) is 9.21. The van der Waals surface area contributed by atoms with E-state index in [1.54, 1.807) is 18.5 Å². The maximum absolute atomic E-state index is 12.5. The summed E-state index contributed by atoms with van der Waals surface area (Å²) in [6.07, 6.45) is 1.96. The van der Waals surface area contributed by atoms with Gasteiger partial charge in [0.25, 0.3) is 10.0 Å². The molecule has 0 bridgehead atoms. The lowest BCUT2D eigenvalue weighted by Gasteiger charge is -2.33. The lowest BCUT2D eigenvalue weighted by atomic mass is 9.92. The van der Waals surface area contributed by atoms with Crippen molar-refractivity contribution in [2.45, 2.75) is 25.3 Å². The number of aliphatic carboxylic acids is 1. The smallest absolute Gasteiger partial charge is 0.307 e. The molecule has 1 fully saturated rings. The normalized spacial score (nSPS) is 24.8. The molecule has 2 rings (SSSR count). The zero-order valence-electron chi connectivity index (χ0n) is 11.8. The molecule has 112 valence electrons. The molecule has 0 aliphatic carbocycles. The summed E-state index contributed by atoms with van der Waals surface area (Å²) >= 11 is 0. The van der Waals surface area contributed by atoms with Crippen molar-refractivity contribution in [2.75, 3.05) is 13.1 Å². The van der Waals surface area contributed by atoms with Crippen LogP contribution >= 0.6 is 0 Å². The zero-order valence-corrected chi connectivity index (χ0v) is 12.6. The van der Waals surface area contributed by atoms with E-state index >= 15 is 0 Å². The van der Waals surface area contributed by atoms with Crippen LogP contribution in [0.3, 0.4) is 0 Å². The van der Waals surface area contributed by atoms with E-state index in [0.717, 1.165) is 0 Å². The van der Waals surface area contributed by atoms with E-state index in [2.05, 4.69) is 4.98 Å². The predicted octanol–water partition coefficient (Wildman–Crippen LogP) is 0.460. The minimum atomic E-state index is -3.72. The summed E-state index contributed by atoms with van der Waals surface area (Å²) in [7, 11) is -2.00. The van der Waals surface area contributed by atoms with Gasteiger partial charge in [-0.3, -0.25) is 4.79 Å². The van der Waals surface area contributed by atoms with E-state index in [-0.39, 0.29) is 17.5 Å². The molecule has 1 aromatic heterocycles. The number of carbonyl (C=O) groups is 1. The average Bonchev–Trinajstić information content (AvgIpc) is 2.69. The topological polar surface area (TPSA) is 92.5 Å². The molecule has 20 heavy (non-hydrogen) atoms. The molecule has 2 heterocycles. The van der Waals surface area contributed by atoms with E-state index in [0.29, 0.717) is 18.8 Å². The van der Waals surface area contributed by atoms with Crippen molar-refractivity contribution >= 4 is 16.0 Å². The van der Waals surface area contributed by atoms with Crippen LogP contribution < -0.4 is 0 Å². The second-order valence-electron chi connectivity index (χ2n) is 5.44. The highest BCUT2D eigenvalue weighted by atomic mass is 32.2. The Bertz CT molecular complexity index is 603. The standard InChI is InChI=1S/C12H19N3O4S/c1-8-4-10(12(16)17)6-15(5-8)20(18,19)11-7-14(3)9(2)13-11/h7-8,10H,4-6H2,1-3H3,(H,16,17). The number of hydrogen-bond donors (Lipinski definition) is 1. The number of hydrogen-bond acceptors (Lipinski definition) is 4. The highest BCUT2D eigenvalue weighted by Gasteiger charge is 2.37. The molecule has 1 aromatic rings. The fraction of sp³-hybridized carbons (Fsp3) is 0.667. The fourth-order valence-electron chi connectivity index (χ4n) is 2.46. The number of aryl methyl sites for hydroxylation is 2. The van der Waals surface area contributed by atoms with Gasteiger partial charge in [0.1, 0.15) is 5.82 Å². The third-order valence-electron chi connectivity index (χ3n) is 3.67. The van der Waals surface area contributed by atoms with Crippen LogP contribution in [0.2, 0.25) is 0 Å². The summed E-state index contributed by atoms with van der Waals surface area (Å²) in [4.78, 5) is 15.2. The molecule has 2 atom stereocenters. The highest BCUT2D eigenvalue weighted by Crippen LogP contribution is 2.26. The van der Waals surface area contributed by atoms with Gasteiger partial charge >= 0.3 is 5.97 Å². The monoisotopic (exact) mass is 301 g/mol. The molecule has 1 aliphatic heterocycles. The second-order valence-corrected chi connectivity index (χ2v) is 7.32. The van der Waals surface area contributed by atoms with Gasteiger partial charge in [-0.05, 0) is 19.3 Å². The van der Waals surface area contributed by atoms with E-state index in [1.165, 1.54) is 10.5 Å². The second kappa shape index (κ2) is 5.17. The predicted molar refractivity (Wildman–Crippen MR) is 71.6 cm³/mol. The zero-order chi connectivity index (χ0) is 15.1. The lowest BCUT2D eigenvalue weighted by molar-refractivity contribution is -0.143. The van der Waals surface area contributed by atoms with Crippen molar-refractivity contribution in [1.29, 1.82) is 0 Å². The summed E-state index contributed by atoms with van der Waals surface area (Å²) in [6.45, 7) is 3.93. The molecule has 0 radical (unpaired) electrons. The van der Waals surface area contributed by atoms with E-state index in [9.17, 15) is 13.2 Å². The number of rotatable bonds is 3. The molecule has 0 aromatic carbocycles. The van der Waals surface area contributed by atoms with Gasteiger partial charge in [-0.15, -0.1) is 0 Å². The van der Waals surface area contributed by atoms with Crippen LogP contribution in [0.4, 0.5) is 0 Å².